The molecule has 4 rings (SSSR count). The third kappa shape index (κ3) is 2.66. The second-order valence-electron chi connectivity index (χ2n) is 6.19. The molecule has 1 fully saturated rings. The fourth-order valence-corrected chi connectivity index (χ4v) is 3.36. The molecule has 1 aliphatic rings. The van der Waals surface area contributed by atoms with Crippen LogP contribution in [0.1, 0.15) is 36.8 Å². The molecular formula is C17H20N6O. The van der Waals surface area contributed by atoms with Gasteiger partial charge in [0, 0.05) is 31.2 Å². The largest absolute Gasteiger partial charge is 0.333 e. The van der Waals surface area contributed by atoms with Gasteiger partial charge in [0.1, 0.15) is 12.4 Å². The summed E-state index contributed by atoms with van der Waals surface area (Å²) in [5.41, 5.74) is 1.76. The van der Waals surface area contributed by atoms with Crippen LogP contribution in [0.2, 0.25) is 0 Å². The van der Waals surface area contributed by atoms with E-state index in [9.17, 15) is 4.79 Å². The molecule has 3 aromatic heterocycles. The van der Waals surface area contributed by atoms with E-state index in [0.717, 1.165) is 43.0 Å². The standard InChI is InChI=1S/C17H20N6O/c1-13-18-8-11-21(13)12-17(24)22-9-3-2-4-15(22)14-6-10-23-16(20-14)5-7-19-23/h5-8,10-11,15H,2-4,9,12H2,1H3/t15-/m1/s1. The summed E-state index contributed by atoms with van der Waals surface area (Å²) in [7, 11) is 0. The third-order valence-electron chi connectivity index (χ3n) is 4.67. The molecule has 1 amide bonds. The fourth-order valence-electron chi connectivity index (χ4n) is 3.36. The Kier molecular flexibility index (Phi) is 3.76. The maximum atomic E-state index is 12.8. The minimum absolute atomic E-state index is 0.0370. The molecule has 1 aliphatic heterocycles. The van der Waals surface area contributed by atoms with E-state index in [4.69, 9.17) is 4.98 Å². The quantitative estimate of drug-likeness (QED) is 0.739. The third-order valence-corrected chi connectivity index (χ3v) is 4.67. The first kappa shape index (κ1) is 14.9. The molecule has 0 radical (unpaired) electrons. The first-order valence-electron chi connectivity index (χ1n) is 8.30. The lowest BCUT2D eigenvalue weighted by Gasteiger charge is -2.35. The summed E-state index contributed by atoms with van der Waals surface area (Å²) >= 11 is 0. The van der Waals surface area contributed by atoms with Crippen LogP contribution < -0.4 is 0 Å². The molecule has 4 heterocycles. The number of aryl methyl sites for hydroxylation is 1. The molecule has 7 nitrogen and oxygen atoms in total. The SMILES string of the molecule is Cc1nccn1CC(=O)N1CCCC[C@@H]1c1ccn2nccc2n1. The van der Waals surface area contributed by atoms with Crippen LogP contribution in [0.15, 0.2) is 36.9 Å². The Morgan fingerprint density at radius 2 is 2.17 bits per heavy atom. The zero-order valence-electron chi connectivity index (χ0n) is 13.7. The zero-order valence-corrected chi connectivity index (χ0v) is 13.7. The van der Waals surface area contributed by atoms with E-state index in [2.05, 4.69) is 10.1 Å². The second kappa shape index (κ2) is 6.07. The number of carbonyl (C=O) groups is 1. The molecule has 0 aromatic carbocycles. The summed E-state index contributed by atoms with van der Waals surface area (Å²) in [5, 5.41) is 4.18. The Hall–Kier alpha value is -2.70. The minimum atomic E-state index is 0.0370. The van der Waals surface area contributed by atoms with Gasteiger partial charge in [-0.25, -0.2) is 14.5 Å². The lowest BCUT2D eigenvalue weighted by Crippen LogP contribution is -2.40. The topological polar surface area (TPSA) is 68.3 Å². The highest BCUT2D eigenvalue weighted by molar-refractivity contribution is 5.76. The highest BCUT2D eigenvalue weighted by Crippen LogP contribution is 2.30. The fraction of sp³-hybridized carbons (Fsp3) is 0.412. The molecule has 3 aromatic rings. The molecule has 0 unspecified atom stereocenters. The predicted molar refractivity (Wildman–Crippen MR) is 88.3 cm³/mol. The second-order valence-corrected chi connectivity index (χ2v) is 6.19. The Morgan fingerprint density at radius 1 is 1.25 bits per heavy atom. The van der Waals surface area contributed by atoms with Gasteiger partial charge in [-0.05, 0) is 32.3 Å². The Morgan fingerprint density at radius 3 is 3.00 bits per heavy atom. The molecule has 0 N–H and O–H groups in total. The van der Waals surface area contributed by atoms with E-state index in [1.807, 2.05) is 40.9 Å². The van der Waals surface area contributed by atoms with Crippen LogP contribution in [0.25, 0.3) is 5.65 Å². The lowest BCUT2D eigenvalue weighted by atomic mass is 9.99. The van der Waals surface area contributed by atoms with Crippen molar-refractivity contribution in [1.29, 1.82) is 0 Å². The maximum Gasteiger partial charge on any atom is 0.243 e. The van der Waals surface area contributed by atoms with Crippen LogP contribution in [-0.4, -0.2) is 41.5 Å². The number of likely N-dealkylation sites (tertiary alicyclic amines) is 1. The molecule has 0 aliphatic carbocycles. The summed E-state index contributed by atoms with van der Waals surface area (Å²) in [6, 6.07) is 3.89. The summed E-state index contributed by atoms with van der Waals surface area (Å²) in [5.74, 6) is 0.978. The van der Waals surface area contributed by atoms with Gasteiger partial charge < -0.3 is 9.47 Å². The Bertz CT molecular complexity index is 867. The number of amides is 1. The van der Waals surface area contributed by atoms with Crippen molar-refractivity contribution in [3.05, 3.63) is 48.4 Å². The van der Waals surface area contributed by atoms with Crippen molar-refractivity contribution < 1.29 is 4.79 Å². The van der Waals surface area contributed by atoms with Gasteiger partial charge in [0.15, 0.2) is 5.65 Å². The summed E-state index contributed by atoms with van der Waals surface area (Å²) in [6.45, 7) is 3.02. The van der Waals surface area contributed by atoms with Gasteiger partial charge in [0.2, 0.25) is 5.91 Å². The van der Waals surface area contributed by atoms with Gasteiger partial charge in [-0.2, -0.15) is 5.10 Å². The number of hydrogen-bond donors (Lipinski definition) is 0. The average Bonchev–Trinajstić information content (AvgIpc) is 3.23. The highest BCUT2D eigenvalue weighted by atomic mass is 16.2. The maximum absolute atomic E-state index is 12.8. The number of nitrogens with zero attached hydrogens (tertiary/aromatic N) is 6. The van der Waals surface area contributed by atoms with Gasteiger partial charge in [0.25, 0.3) is 0 Å². The van der Waals surface area contributed by atoms with Gasteiger partial charge >= 0.3 is 0 Å². The molecule has 7 heteroatoms. The smallest absolute Gasteiger partial charge is 0.243 e. The van der Waals surface area contributed by atoms with Crippen molar-refractivity contribution in [3.63, 3.8) is 0 Å². The minimum Gasteiger partial charge on any atom is -0.333 e. The van der Waals surface area contributed by atoms with E-state index in [1.54, 1.807) is 16.9 Å². The van der Waals surface area contributed by atoms with Crippen molar-refractivity contribution >= 4 is 11.6 Å². The number of piperidine rings is 1. The van der Waals surface area contributed by atoms with Gasteiger partial charge in [0.05, 0.1) is 17.9 Å². The van der Waals surface area contributed by atoms with Crippen LogP contribution in [0.5, 0.6) is 0 Å². The van der Waals surface area contributed by atoms with Crippen LogP contribution >= 0.6 is 0 Å². The Balaban J connectivity index is 1.60. The van der Waals surface area contributed by atoms with Crippen molar-refractivity contribution in [2.45, 2.75) is 38.8 Å². The highest BCUT2D eigenvalue weighted by Gasteiger charge is 2.29. The first-order chi connectivity index (χ1) is 11.7. The van der Waals surface area contributed by atoms with Crippen LogP contribution in [0, 0.1) is 6.92 Å². The van der Waals surface area contributed by atoms with Gasteiger partial charge in [-0.1, -0.05) is 0 Å². The number of aromatic nitrogens is 5. The molecule has 0 spiro atoms. The number of imidazole rings is 1. The van der Waals surface area contributed by atoms with Crippen molar-refractivity contribution in [3.8, 4) is 0 Å². The number of carbonyl (C=O) groups excluding carboxylic acids is 1. The van der Waals surface area contributed by atoms with Crippen molar-refractivity contribution in [1.82, 2.24) is 29.0 Å². The number of fused-ring (bicyclic) bond motifs is 1. The van der Waals surface area contributed by atoms with Crippen molar-refractivity contribution in [2.75, 3.05) is 6.54 Å². The normalized spacial score (nSPS) is 18.2. The molecule has 1 saturated heterocycles. The number of hydrogen-bond acceptors (Lipinski definition) is 4. The van der Waals surface area contributed by atoms with E-state index in [1.165, 1.54) is 0 Å². The zero-order chi connectivity index (χ0) is 16.5. The summed E-state index contributed by atoms with van der Waals surface area (Å²) in [4.78, 5) is 23.7. The van der Waals surface area contributed by atoms with E-state index >= 15 is 0 Å². The van der Waals surface area contributed by atoms with Crippen LogP contribution in [0.4, 0.5) is 0 Å². The monoisotopic (exact) mass is 324 g/mol. The molecular weight excluding hydrogens is 304 g/mol. The van der Waals surface area contributed by atoms with Crippen LogP contribution in [-0.2, 0) is 11.3 Å². The lowest BCUT2D eigenvalue weighted by molar-refractivity contribution is -0.135. The van der Waals surface area contributed by atoms with Crippen molar-refractivity contribution in [2.24, 2.45) is 0 Å². The average molecular weight is 324 g/mol. The van der Waals surface area contributed by atoms with Gasteiger partial charge in [-0.3, -0.25) is 4.79 Å². The summed E-state index contributed by atoms with van der Waals surface area (Å²) < 4.78 is 3.63. The Labute approximate surface area is 139 Å². The van der Waals surface area contributed by atoms with E-state index in [0.29, 0.717) is 6.54 Å². The molecule has 124 valence electrons. The predicted octanol–water partition coefficient (Wildman–Crippen LogP) is 1.99. The van der Waals surface area contributed by atoms with Gasteiger partial charge in [-0.15, -0.1) is 0 Å². The van der Waals surface area contributed by atoms with Crippen LogP contribution in [0.3, 0.4) is 0 Å². The molecule has 24 heavy (non-hydrogen) atoms. The molecule has 0 bridgehead atoms. The summed E-state index contributed by atoms with van der Waals surface area (Å²) in [6.07, 6.45) is 10.3. The first-order valence-corrected chi connectivity index (χ1v) is 8.30. The van der Waals surface area contributed by atoms with E-state index in [-0.39, 0.29) is 11.9 Å². The number of rotatable bonds is 3. The molecule has 1 atom stereocenters. The van der Waals surface area contributed by atoms with E-state index < -0.39 is 0 Å². The molecule has 0 saturated carbocycles.